The Bertz CT molecular complexity index is 1000. The summed E-state index contributed by atoms with van der Waals surface area (Å²) in [5.41, 5.74) is 0.809. The number of nitrogens with zero attached hydrogens (tertiary/aromatic N) is 1. The van der Waals surface area contributed by atoms with Crippen LogP contribution in [-0.2, 0) is 6.61 Å². The third-order valence-corrected chi connectivity index (χ3v) is 4.12. The van der Waals surface area contributed by atoms with Crippen molar-refractivity contribution in [3.05, 3.63) is 70.2 Å². The Labute approximate surface area is 134 Å². The largest absolute Gasteiger partial charge is 0.487 e. The van der Waals surface area contributed by atoms with Gasteiger partial charge in [0, 0.05) is 17.5 Å². The van der Waals surface area contributed by atoms with Gasteiger partial charge < -0.3 is 13.6 Å². The molecule has 0 aliphatic carbocycles. The minimum absolute atomic E-state index is 0.275. The van der Waals surface area contributed by atoms with E-state index in [1.165, 1.54) is 6.07 Å². The van der Waals surface area contributed by atoms with Gasteiger partial charge in [0.05, 0.1) is 4.88 Å². The molecule has 0 spiro atoms. The number of rotatable bonds is 4. The van der Waals surface area contributed by atoms with E-state index in [2.05, 4.69) is 4.98 Å². The van der Waals surface area contributed by atoms with Crippen LogP contribution in [0.25, 0.3) is 21.7 Å². The van der Waals surface area contributed by atoms with E-state index < -0.39 is 0 Å². The maximum atomic E-state index is 11.3. The van der Waals surface area contributed by atoms with E-state index in [4.69, 9.17) is 13.6 Å². The van der Waals surface area contributed by atoms with Crippen molar-refractivity contribution in [1.82, 2.24) is 4.98 Å². The molecule has 0 aliphatic heterocycles. The third kappa shape index (κ3) is 2.89. The van der Waals surface area contributed by atoms with Gasteiger partial charge in [-0.15, -0.1) is 11.3 Å². The van der Waals surface area contributed by atoms with Crippen molar-refractivity contribution in [3.63, 3.8) is 0 Å². The zero-order valence-corrected chi connectivity index (χ0v) is 12.7. The summed E-state index contributed by atoms with van der Waals surface area (Å²) in [6.07, 6.45) is 1.58. The first-order valence-electron chi connectivity index (χ1n) is 6.93. The SMILES string of the molecule is O=c1ccc2ccc(OCc3coc(-c4cccs4)n3)cc2o1. The summed E-state index contributed by atoms with van der Waals surface area (Å²) in [5, 5.41) is 2.82. The van der Waals surface area contributed by atoms with E-state index in [1.807, 2.05) is 29.6 Å². The number of oxazole rings is 1. The van der Waals surface area contributed by atoms with Gasteiger partial charge >= 0.3 is 5.63 Å². The standard InChI is InChI=1S/C17H11NO4S/c19-16-6-4-11-3-5-13(8-14(11)22-16)20-9-12-10-21-17(18-12)15-2-1-7-23-15/h1-8,10H,9H2. The van der Waals surface area contributed by atoms with Gasteiger partial charge in [-0.25, -0.2) is 9.78 Å². The van der Waals surface area contributed by atoms with Crippen molar-refractivity contribution in [2.45, 2.75) is 6.61 Å². The maximum Gasteiger partial charge on any atom is 0.336 e. The number of ether oxygens (including phenoxy) is 1. The average Bonchev–Trinajstić information content (AvgIpc) is 3.23. The Hall–Kier alpha value is -2.86. The van der Waals surface area contributed by atoms with Crippen LogP contribution in [-0.4, -0.2) is 4.98 Å². The molecule has 4 aromatic rings. The van der Waals surface area contributed by atoms with Gasteiger partial charge in [-0.1, -0.05) is 6.07 Å². The third-order valence-electron chi connectivity index (χ3n) is 3.26. The second-order valence-electron chi connectivity index (χ2n) is 4.86. The Morgan fingerprint density at radius 1 is 1.17 bits per heavy atom. The molecule has 0 saturated carbocycles. The first-order valence-corrected chi connectivity index (χ1v) is 7.81. The molecule has 0 fully saturated rings. The fourth-order valence-electron chi connectivity index (χ4n) is 2.17. The van der Waals surface area contributed by atoms with Crippen LogP contribution in [0, 0.1) is 0 Å². The van der Waals surface area contributed by atoms with Crippen molar-refractivity contribution in [2.75, 3.05) is 0 Å². The molecule has 0 atom stereocenters. The second kappa shape index (κ2) is 5.73. The van der Waals surface area contributed by atoms with Crippen molar-refractivity contribution >= 4 is 22.3 Å². The van der Waals surface area contributed by atoms with Crippen LogP contribution < -0.4 is 10.4 Å². The molecule has 0 aliphatic rings. The minimum atomic E-state index is -0.383. The van der Waals surface area contributed by atoms with Crippen LogP contribution in [0.1, 0.15) is 5.69 Å². The van der Waals surface area contributed by atoms with Gasteiger partial charge in [-0.05, 0) is 29.6 Å². The average molecular weight is 325 g/mol. The lowest BCUT2D eigenvalue weighted by Gasteiger charge is -2.04. The van der Waals surface area contributed by atoms with Crippen molar-refractivity contribution in [1.29, 1.82) is 0 Å². The van der Waals surface area contributed by atoms with Crippen LogP contribution in [0.5, 0.6) is 5.75 Å². The summed E-state index contributed by atoms with van der Waals surface area (Å²) < 4.78 is 16.3. The predicted molar refractivity (Wildman–Crippen MR) is 86.6 cm³/mol. The van der Waals surface area contributed by atoms with E-state index in [9.17, 15) is 4.79 Å². The summed E-state index contributed by atoms with van der Waals surface area (Å²) in [5.74, 6) is 1.19. The van der Waals surface area contributed by atoms with Crippen LogP contribution >= 0.6 is 11.3 Å². The van der Waals surface area contributed by atoms with Crippen molar-refractivity contribution < 1.29 is 13.6 Å². The second-order valence-corrected chi connectivity index (χ2v) is 5.81. The highest BCUT2D eigenvalue weighted by Gasteiger charge is 2.08. The van der Waals surface area contributed by atoms with Crippen molar-refractivity contribution in [3.8, 4) is 16.5 Å². The summed E-state index contributed by atoms with van der Waals surface area (Å²) in [6, 6.07) is 12.4. The van der Waals surface area contributed by atoms with Crippen LogP contribution in [0.4, 0.5) is 0 Å². The molecule has 3 aromatic heterocycles. The van der Waals surface area contributed by atoms with E-state index in [0.717, 1.165) is 10.3 Å². The van der Waals surface area contributed by atoms with Gasteiger partial charge in [0.15, 0.2) is 0 Å². The lowest BCUT2D eigenvalue weighted by molar-refractivity contribution is 0.301. The minimum Gasteiger partial charge on any atom is -0.487 e. The van der Waals surface area contributed by atoms with E-state index in [0.29, 0.717) is 22.9 Å². The van der Waals surface area contributed by atoms with Gasteiger partial charge in [0.2, 0.25) is 5.89 Å². The number of hydrogen-bond acceptors (Lipinski definition) is 6. The highest BCUT2D eigenvalue weighted by atomic mass is 32.1. The van der Waals surface area contributed by atoms with Crippen molar-refractivity contribution in [2.24, 2.45) is 0 Å². The molecule has 1 aromatic carbocycles. The normalized spacial score (nSPS) is 11.0. The highest BCUT2D eigenvalue weighted by molar-refractivity contribution is 7.13. The molecule has 3 heterocycles. The molecular formula is C17H11NO4S. The summed E-state index contributed by atoms with van der Waals surface area (Å²) in [7, 11) is 0. The fourth-order valence-corrected chi connectivity index (χ4v) is 2.83. The summed E-state index contributed by atoms with van der Waals surface area (Å²) >= 11 is 1.57. The summed E-state index contributed by atoms with van der Waals surface area (Å²) in [6.45, 7) is 0.275. The molecular weight excluding hydrogens is 314 g/mol. The van der Waals surface area contributed by atoms with Crippen LogP contribution in [0.3, 0.4) is 0 Å². The van der Waals surface area contributed by atoms with E-state index >= 15 is 0 Å². The molecule has 0 radical (unpaired) electrons. The Balaban J connectivity index is 1.51. The number of benzene rings is 1. The van der Waals surface area contributed by atoms with Gasteiger partial charge in [-0.3, -0.25) is 0 Å². The molecule has 0 saturated heterocycles. The zero-order valence-electron chi connectivity index (χ0n) is 11.9. The summed E-state index contributed by atoms with van der Waals surface area (Å²) in [4.78, 5) is 16.6. The first kappa shape index (κ1) is 13.8. The quantitative estimate of drug-likeness (QED) is 0.529. The maximum absolute atomic E-state index is 11.3. The Morgan fingerprint density at radius 2 is 2.09 bits per heavy atom. The molecule has 114 valence electrons. The predicted octanol–water partition coefficient (Wildman–Crippen LogP) is 4.09. The number of thiophene rings is 1. The molecule has 0 amide bonds. The van der Waals surface area contributed by atoms with Crippen LogP contribution in [0.2, 0.25) is 0 Å². The van der Waals surface area contributed by atoms with E-state index in [1.54, 1.807) is 29.7 Å². The number of fused-ring (bicyclic) bond motifs is 1. The monoisotopic (exact) mass is 325 g/mol. The highest BCUT2D eigenvalue weighted by Crippen LogP contribution is 2.24. The topological polar surface area (TPSA) is 65.5 Å². The zero-order chi connectivity index (χ0) is 15.6. The van der Waals surface area contributed by atoms with Gasteiger partial charge in [-0.2, -0.15) is 0 Å². The molecule has 0 bridgehead atoms. The van der Waals surface area contributed by atoms with Gasteiger partial charge in [0.1, 0.15) is 29.9 Å². The first-order chi connectivity index (χ1) is 11.3. The number of aromatic nitrogens is 1. The molecule has 23 heavy (non-hydrogen) atoms. The van der Waals surface area contributed by atoms with Crippen LogP contribution in [0.15, 0.2) is 67.7 Å². The lowest BCUT2D eigenvalue weighted by Crippen LogP contribution is -1.97. The molecule has 6 heteroatoms. The van der Waals surface area contributed by atoms with Gasteiger partial charge in [0.25, 0.3) is 0 Å². The Morgan fingerprint density at radius 3 is 2.96 bits per heavy atom. The number of hydrogen-bond donors (Lipinski definition) is 0. The smallest absolute Gasteiger partial charge is 0.336 e. The molecule has 4 rings (SSSR count). The fraction of sp³-hybridized carbons (Fsp3) is 0.0588. The molecule has 5 nitrogen and oxygen atoms in total. The molecule has 0 N–H and O–H groups in total. The lowest BCUT2D eigenvalue weighted by atomic mass is 10.2. The molecule has 0 unspecified atom stereocenters. The van der Waals surface area contributed by atoms with E-state index in [-0.39, 0.29) is 12.2 Å². The Kier molecular flexibility index (Phi) is 3.44.